The highest BCUT2D eigenvalue weighted by molar-refractivity contribution is 5.90. The summed E-state index contributed by atoms with van der Waals surface area (Å²) in [7, 11) is 0. The highest BCUT2D eigenvalue weighted by Crippen LogP contribution is 2.19. The third kappa shape index (κ3) is 4.91. The van der Waals surface area contributed by atoms with E-state index in [1.807, 2.05) is 13.8 Å². The van der Waals surface area contributed by atoms with Gasteiger partial charge in [-0.1, -0.05) is 13.8 Å². The van der Waals surface area contributed by atoms with Crippen LogP contribution in [0.15, 0.2) is 0 Å². The first-order valence-corrected chi connectivity index (χ1v) is 8.86. The van der Waals surface area contributed by atoms with Gasteiger partial charge in [0.1, 0.15) is 6.04 Å². The number of hydrogen-bond donors (Lipinski definition) is 2. The zero-order valence-electron chi connectivity index (χ0n) is 14.8. The molecule has 0 aromatic carbocycles. The normalized spacial score (nSPS) is 31.3. The van der Waals surface area contributed by atoms with Gasteiger partial charge in [0.15, 0.2) is 0 Å². The number of nitrogens with zero attached hydrogens (tertiary/aromatic N) is 1. The standard InChI is InChI=1S/C17H31N3O3/c1-11(2)15(20-9-12(3)23-13(4)10-20)17(22)19-14-7-5-6-8-18-16(14)21/h11-15H,5-10H2,1-4H3,(H,18,21)(H,19,22)/t12-,13-,14-,15+/m1/s1. The predicted octanol–water partition coefficient (Wildman–Crippen LogP) is 0.905. The minimum atomic E-state index is -0.401. The van der Waals surface area contributed by atoms with Crippen molar-refractivity contribution in [1.29, 1.82) is 0 Å². The number of amides is 2. The van der Waals surface area contributed by atoms with Gasteiger partial charge >= 0.3 is 0 Å². The van der Waals surface area contributed by atoms with Crippen molar-refractivity contribution in [3.8, 4) is 0 Å². The molecule has 132 valence electrons. The first-order chi connectivity index (χ1) is 10.9. The third-order valence-electron chi connectivity index (χ3n) is 4.59. The molecule has 4 atom stereocenters. The smallest absolute Gasteiger partial charge is 0.242 e. The Kier molecular flexibility index (Phi) is 6.41. The summed E-state index contributed by atoms with van der Waals surface area (Å²) in [5.74, 6) is 0.0896. The van der Waals surface area contributed by atoms with Crippen LogP contribution in [-0.2, 0) is 14.3 Å². The molecule has 2 rings (SSSR count). The molecule has 0 unspecified atom stereocenters. The van der Waals surface area contributed by atoms with E-state index in [1.54, 1.807) is 0 Å². The molecule has 2 aliphatic heterocycles. The summed E-state index contributed by atoms with van der Waals surface area (Å²) in [6, 6.07) is -0.623. The summed E-state index contributed by atoms with van der Waals surface area (Å²) in [4.78, 5) is 27.1. The molecular weight excluding hydrogens is 294 g/mol. The largest absolute Gasteiger partial charge is 0.373 e. The van der Waals surface area contributed by atoms with E-state index in [2.05, 4.69) is 29.4 Å². The molecular formula is C17H31N3O3. The number of nitrogens with one attached hydrogen (secondary N) is 2. The summed E-state index contributed by atoms with van der Waals surface area (Å²) in [5.41, 5.74) is 0. The third-order valence-corrected chi connectivity index (χ3v) is 4.59. The fraction of sp³-hybridized carbons (Fsp3) is 0.882. The Labute approximate surface area is 139 Å². The molecule has 2 aliphatic rings. The fourth-order valence-corrected chi connectivity index (χ4v) is 3.67. The Hall–Kier alpha value is -1.14. The molecule has 2 fully saturated rings. The van der Waals surface area contributed by atoms with Crippen LogP contribution in [0.4, 0.5) is 0 Å². The zero-order valence-corrected chi connectivity index (χ0v) is 14.8. The van der Waals surface area contributed by atoms with Crippen LogP contribution in [0.5, 0.6) is 0 Å². The number of hydrogen-bond acceptors (Lipinski definition) is 4. The molecule has 0 aromatic heterocycles. The average molecular weight is 325 g/mol. The molecule has 2 heterocycles. The Bertz CT molecular complexity index is 417. The fourth-order valence-electron chi connectivity index (χ4n) is 3.67. The van der Waals surface area contributed by atoms with E-state index < -0.39 is 6.04 Å². The summed E-state index contributed by atoms with van der Waals surface area (Å²) < 4.78 is 5.77. The van der Waals surface area contributed by atoms with E-state index in [9.17, 15) is 9.59 Å². The molecule has 0 saturated carbocycles. The first kappa shape index (κ1) is 18.2. The van der Waals surface area contributed by atoms with Crippen molar-refractivity contribution in [2.24, 2.45) is 5.92 Å². The van der Waals surface area contributed by atoms with Gasteiger partial charge in [0.25, 0.3) is 0 Å². The van der Waals surface area contributed by atoms with Crippen LogP contribution >= 0.6 is 0 Å². The first-order valence-electron chi connectivity index (χ1n) is 8.86. The van der Waals surface area contributed by atoms with Crippen molar-refractivity contribution in [3.63, 3.8) is 0 Å². The molecule has 2 saturated heterocycles. The maximum absolute atomic E-state index is 12.8. The van der Waals surface area contributed by atoms with Crippen molar-refractivity contribution in [2.75, 3.05) is 19.6 Å². The predicted molar refractivity (Wildman–Crippen MR) is 89.0 cm³/mol. The number of morpholine rings is 1. The van der Waals surface area contributed by atoms with E-state index in [4.69, 9.17) is 4.74 Å². The van der Waals surface area contributed by atoms with Crippen LogP contribution < -0.4 is 10.6 Å². The SMILES string of the molecule is CC(C)[C@@H](C(=O)N[C@@H]1CCCCNC1=O)N1C[C@@H](C)O[C@H](C)C1. The lowest BCUT2D eigenvalue weighted by atomic mass is 9.98. The van der Waals surface area contributed by atoms with Crippen molar-refractivity contribution in [1.82, 2.24) is 15.5 Å². The quantitative estimate of drug-likeness (QED) is 0.806. The van der Waals surface area contributed by atoms with Crippen LogP contribution in [-0.4, -0.2) is 60.6 Å². The molecule has 0 bridgehead atoms. The molecule has 0 aromatic rings. The Morgan fingerprint density at radius 2 is 1.91 bits per heavy atom. The summed E-state index contributed by atoms with van der Waals surface area (Å²) in [5, 5.41) is 5.86. The number of carbonyl (C=O) groups excluding carboxylic acids is 2. The average Bonchev–Trinajstić information content (AvgIpc) is 2.62. The molecule has 6 nitrogen and oxygen atoms in total. The van der Waals surface area contributed by atoms with E-state index in [0.717, 1.165) is 32.4 Å². The summed E-state index contributed by atoms with van der Waals surface area (Å²) in [6.07, 6.45) is 2.90. The maximum atomic E-state index is 12.8. The number of rotatable bonds is 4. The van der Waals surface area contributed by atoms with Crippen molar-refractivity contribution in [3.05, 3.63) is 0 Å². The van der Waals surface area contributed by atoms with Crippen LogP contribution in [0.1, 0.15) is 47.0 Å². The van der Waals surface area contributed by atoms with Gasteiger partial charge in [0.05, 0.1) is 18.2 Å². The van der Waals surface area contributed by atoms with Gasteiger partial charge in [0.2, 0.25) is 11.8 Å². The van der Waals surface area contributed by atoms with E-state index in [0.29, 0.717) is 6.54 Å². The van der Waals surface area contributed by atoms with E-state index in [1.165, 1.54) is 0 Å². The Morgan fingerprint density at radius 3 is 2.52 bits per heavy atom. The molecule has 0 radical (unpaired) electrons. The maximum Gasteiger partial charge on any atom is 0.242 e. The highest BCUT2D eigenvalue weighted by atomic mass is 16.5. The second-order valence-corrected chi connectivity index (χ2v) is 7.25. The van der Waals surface area contributed by atoms with Gasteiger partial charge in [-0.2, -0.15) is 0 Å². The molecule has 6 heteroatoms. The lowest BCUT2D eigenvalue weighted by molar-refractivity contribution is -0.138. The highest BCUT2D eigenvalue weighted by Gasteiger charge is 2.35. The van der Waals surface area contributed by atoms with Crippen LogP contribution in [0, 0.1) is 5.92 Å². The van der Waals surface area contributed by atoms with Gasteiger partial charge in [-0.25, -0.2) is 0 Å². The molecule has 0 aliphatic carbocycles. The number of carbonyl (C=O) groups is 2. The minimum absolute atomic E-state index is 0.0386. The zero-order chi connectivity index (χ0) is 17.0. The Morgan fingerprint density at radius 1 is 1.26 bits per heavy atom. The second kappa shape index (κ2) is 8.11. The molecule has 23 heavy (non-hydrogen) atoms. The van der Waals surface area contributed by atoms with Crippen LogP contribution in [0.2, 0.25) is 0 Å². The van der Waals surface area contributed by atoms with Gasteiger partial charge in [0, 0.05) is 19.6 Å². The number of ether oxygens (including phenoxy) is 1. The van der Waals surface area contributed by atoms with Crippen molar-refractivity contribution < 1.29 is 14.3 Å². The van der Waals surface area contributed by atoms with Crippen molar-refractivity contribution in [2.45, 2.75) is 71.2 Å². The summed E-state index contributed by atoms with van der Waals surface area (Å²) in [6.45, 7) is 10.4. The Balaban J connectivity index is 2.04. The summed E-state index contributed by atoms with van der Waals surface area (Å²) >= 11 is 0. The van der Waals surface area contributed by atoms with Crippen LogP contribution in [0.3, 0.4) is 0 Å². The van der Waals surface area contributed by atoms with E-state index >= 15 is 0 Å². The van der Waals surface area contributed by atoms with Gasteiger partial charge in [-0.05, 0) is 39.0 Å². The van der Waals surface area contributed by atoms with E-state index in [-0.39, 0.29) is 36.0 Å². The lowest BCUT2D eigenvalue weighted by Gasteiger charge is -2.41. The second-order valence-electron chi connectivity index (χ2n) is 7.25. The van der Waals surface area contributed by atoms with Crippen LogP contribution in [0.25, 0.3) is 0 Å². The van der Waals surface area contributed by atoms with Gasteiger partial charge < -0.3 is 15.4 Å². The minimum Gasteiger partial charge on any atom is -0.373 e. The topological polar surface area (TPSA) is 70.7 Å². The molecule has 2 amide bonds. The monoisotopic (exact) mass is 325 g/mol. The lowest BCUT2D eigenvalue weighted by Crippen LogP contribution is -2.59. The van der Waals surface area contributed by atoms with Gasteiger partial charge in [-0.3, -0.25) is 14.5 Å². The molecule has 2 N–H and O–H groups in total. The van der Waals surface area contributed by atoms with Gasteiger partial charge in [-0.15, -0.1) is 0 Å². The van der Waals surface area contributed by atoms with Crippen molar-refractivity contribution >= 4 is 11.8 Å². The molecule has 0 spiro atoms.